The number of fused-ring (bicyclic) bond motifs is 2. The summed E-state index contributed by atoms with van der Waals surface area (Å²) in [5, 5.41) is 0. The van der Waals surface area contributed by atoms with Crippen molar-refractivity contribution in [3.05, 3.63) is 17.6 Å². The summed E-state index contributed by atoms with van der Waals surface area (Å²) in [4.78, 5) is 18.4. The molecule has 0 saturated carbocycles. The van der Waals surface area contributed by atoms with Crippen LogP contribution in [0, 0.1) is 5.95 Å². The van der Waals surface area contributed by atoms with E-state index < -0.39 is 19.4 Å². The highest BCUT2D eigenvalue weighted by Crippen LogP contribution is 2.48. The van der Waals surface area contributed by atoms with Gasteiger partial charge in [-0.05, 0) is 18.9 Å². The van der Waals surface area contributed by atoms with Gasteiger partial charge in [0.2, 0.25) is 11.9 Å². The number of halogens is 1. The highest BCUT2D eigenvalue weighted by atomic mass is 28.3. The lowest BCUT2D eigenvalue weighted by Crippen LogP contribution is -2.45. The van der Waals surface area contributed by atoms with E-state index in [1.165, 1.54) is 4.90 Å². The second-order valence-corrected chi connectivity index (χ2v) is 13.6. The summed E-state index contributed by atoms with van der Waals surface area (Å²) in [6, 6.07) is 2.58. The van der Waals surface area contributed by atoms with E-state index in [1.54, 1.807) is 6.07 Å². The molecule has 0 atom stereocenters. The maximum Gasteiger partial charge on any atom is 0.239 e. The second-order valence-electron chi connectivity index (χ2n) is 8.01. The van der Waals surface area contributed by atoms with Gasteiger partial charge in [0, 0.05) is 39.5 Å². The molecule has 1 amide bonds. The fourth-order valence-corrected chi connectivity index (χ4v) is 4.25. The molecule has 0 aliphatic carbocycles. The molecule has 6 nitrogen and oxygen atoms in total. The van der Waals surface area contributed by atoms with Crippen LogP contribution in [0.1, 0.15) is 18.4 Å². The van der Waals surface area contributed by atoms with Gasteiger partial charge in [0.15, 0.2) is 0 Å². The van der Waals surface area contributed by atoms with Gasteiger partial charge in [0.05, 0.1) is 11.1 Å². The highest BCUT2D eigenvalue weighted by molar-refractivity contribution is 6.76. The van der Waals surface area contributed by atoms with Gasteiger partial charge in [-0.25, -0.2) is 4.98 Å². The number of rotatable bonds is 5. The van der Waals surface area contributed by atoms with E-state index in [0.717, 1.165) is 6.04 Å². The summed E-state index contributed by atoms with van der Waals surface area (Å²) in [7, 11) is -1.21. The normalized spacial score (nSPS) is 19.5. The van der Waals surface area contributed by atoms with E-state index in [9.17, 15) is 9.18 Å². The van der Waals surface area contributed by atoms with Crippen molar-refractivity contribution in [1.82, 2.24) is 4.98 Å². The molecule has 1 fully saturated rings. The van der Waals surface area contributed by atoms with Crippen molar-refractivity contribution < 1.29 is 18.7 Å². The Kier molecular flexibility index (Phi) is 4.87. The van der Waals surface area contributed by atoms with Crippen LogP contribution in [0.25, 0.3) is 0 Å². The van der Waals surface area contributed by atoms with E-state index >= 15 is 0 Å². The molecule has 25 heavy (non-hydrogen) atoms. The lowest BCUT2D eigenvalue weighted by molar-refractivity contribution is -0.127. The number of anilines is 2. The number of aromatic nitrogens is 1. The molecular formula is C17H26FN3O3Si. The standard InChI is InChI=1S/C17H26FN3O3Si/c1-25(2,3)9-8-24-11-21-12-10-13(19)20-15(18)14(12)17(16(21)22)4-6-23-7-5-17/h10H,4-9,11H2,1-3H3,(H2,19,20). The predicted molar refractivity (Wildman–Crippen MR) is 96.8 cm³/mol. The first-order chi connectivity index (χ1) is 11.7. The fourth-order valence-electron chi connectivity index (χ4n) is 3.50. The van der Waals surface area contributed by atoms with Crippen LogP contribution in [0.3, 0.4) is 0 Å². The molecule has 3 rings (SSSR count). The number of hydrogen-bond acceptors (Lipinski definition) is 5. The first-order valence-corrected chi connectivity index (χ1v) is 12.4. The van der Waals surface area contributed by atoms with E-state index in [4.69, 9.17) is 15.2 Å². The van der Waals surface area contributed by atoms with E-state index in [2.05, 4.69) is 24.6 Å². The minimum absolute atomic E-state index is 0.0697. The Bertz CT molecular complexity index is 672. The lowest BCUT2D eigenvalue weighted by Gasteiger charge is -2.32. The molecule has 1 spiro atoms. The van der Waals surface area contributed by atoms with Gasteiger partial charge in [0.1, 0.15) is 12.5 Å². The molecule has 0 aromatic carbocycles. The minimum atomic E-state index is -1.21. The smallest absolute Gasteiger partial charge is 0.239 e. The third-order valence-corrected chi connectivity index (χ3v) is 6.67. The number of nitrogens with two attached hydrogens (primary N) is 1. The third-order valence-electron chi connectivity index (χ3n) is 4.96. The minimum Gasteiger partial charge on any atom is -0.384 e. The molecule has 138 valence electrons. The van der Waals surface area contributed by atoms with E-state index in [1.807, 2.05) is 0 Å². The van der Waals surface area contributed by atoms with Gasteiger partial charge < -0.3 is 15.2 Å². The Morgan fingerprint density at radius 3 is 2.72 bits per heavy atom. The van der Waals surface area contributed by atoms with E-state index in [-0.39, 0.29) is 18.5 Å². The Balaban J connectivity index is 1.87. The largest absolute Gasteiger partial charge is 0.384 e. The predicted octanol–water partition coefficient (Wildman–Crippen LogP) is 2.51. The number of nitrogen functional groups attached to an aromatic ring is 1. The monoisotopic (exact) mass is 367 g/mol. The van der Waals surface area contributed by atoms with Crippen LogP contribution >= 0.6 is 0 Å². The maximum atomic E-state index is 14.6. The molecule has 0 bridgehead atoms. The van der Waals surface area contributed by atoms with Gasteiger partial charge in [-0.15, -0.1) is 0 Å². The van der Waals surface area contributed by atoms with Crippen LogP contribution in [-0.2, 0) is 19.7 Å². The maximum absolute atomic E-state index is 14.6. The number of amides is 1. The molecule has 2 N–H and O–H groups in total. The van der Waals surface area contributed by atoms with Crippen molar-refractivity contribution in [1.29, 1.82) is 0 Å². The van der Waals surface area contributed by atoms with Crippen molar-refractivity contribution in [2.24, 2.45) is 0 Å². The summed E-state index contributed by atoms with van der Waals surface area (Å²) < 4.78 is 25.8. The van der Waals surface area contributed by atoms with Crippen LogP contribution in [0.5, 0.6) is 0 Å². The second kappa shape index (κ2) is 6.66. The van der Waals surface area contributed by atoms with Crippen LogP contribution < -0.4 is 10.6 Å². The average Bonchev–Trinajstić information content (AvgIpc) is 2.73. The zero-order valence-corrected chi connectivity index (χ0v) is 16.1. The van der Waals surface area contributed by atoms with Crippen molar-refractivity contribution in [2.75, 3.05) is 37.2 Å². The first kappa shape index (κ1) is 18.3. The summed E-state index contributed by atoms with van der Waals surface area (Å²) in [6.45, 7) is 8.37. The molecule has 1 aromatic heterocycles. The molecule has 8 heteroatoms. The van der Waals surface area contributed by atoms with Crippen molar-refractivity contribution in [3.63, 3.8) is 0 Å². The Morgan fingerprint density at radius 1 is 1.40 bits per heavy atom. The van der Waals surface area contributed by atoms with Crippen molar-refractivity contribution in [3.8, 4) is 0 Å². The Morgan fingerprint density at radius 2 is 2.08 bits per heavy atom. The fraction of sp³-hybridized carbons (Fsp3) is 0.647. The highest BCUT2D eigenvalue weighted by Gasteiger charge is 2.53. The van der Waals surface area contributed by atoms with Gasteiger partial charge in [-0.3, -0.25) is 9.69 Å². The zero-order chi connectivity index (χ0) is 18.2. The third kappa shape index (κ3) is 3.43. The van der Waals surface area contributed by atoms with Crippen LogP contribution in [0.2, 0.25) is 25.7 Å². The van der Waals surface area contributed by atoms with Crippen molar-refractivity contribution >= 4 is 25.5 Å². The SMILES string of the molecule is C[Si](C)(C)CCOCN1C(=O)C2(CCOCC2)c2c1cc(N)nc2F. The quantitative estimate of drug-likeness (QED) is 0.491. The molecule has 1 saturated heterocycles. The van der Waals surface area contributed by atoms with Gasteiger partial charge in [0.25, 0.3) is 0 Å². The van der Waals surface area contributed by atoms with Gasteiger partial charge in [-0.2, -0.15) is 4.39 Å². The number of pyridine rings is 1. The average molecular weight is 367 g/mol. The molecule has 2 aliphatic heterocycles. The zero-order valence-electron chi connectivity index (χ0n) is 15.1. The topological polar surface area (TPSA) is 77.7 Å². The first-order valence-electron chi connectivity index (χ1n) is 8.69. The molecule has 1 aromatic rings. The summed E-state index contributed by atoms with van der Waals surface area (Å²) in [5.41, 5.74) is 5.66. The van der Waals surface area contributed by atoms with E-state index in [0.29, 0.717) is 43.9 Å². The molecule has 0 unspecified atom stereocenters. The Labute approximate surface area is 148 Å². The number of carbonyl (C=O) groups excluding carboxylic acids is 1. The lowest BCUT2D eigenvalue weighted by atomic mass is 9.75. The van der Waals surface area contributed by atoms with Gasteiger partial charge >= 0.3 is 0 Å². The molecule has 2 aliphatic rings. The number of hydrogen-bond donors (Lipinski definition) is 1. The summed E-state index contributed by atoms with van der Waals surface area (Å²) in [5.74, 6) is -0.722. The summed E-state index contributed by atoms with van der Waals surface area (Å²) in [6.07, 6.45) is 0.902. The molecular weight excluding hydrogens is 341 g/mol. The van der Waals surface area contributed by atoms with Crippen LogP contribution in [0.4, 0.5) is 15.9 Å². The van der Waals surface area contributed by atoms with Gasteiger partial charge in [-0.1, -0.05) is 19.6 Å². The van der Waals surface area contributed by atoms with Crippen molar-refractivity contribution in [2.45, 2.75) is 43.9 Å². The molecule has 0 radical (unpaired) electrons. The molecule has 3 heterocycles. The number of ether oxygens (including phenoxy) is 2. The number of carbonyl (C=O) groups is 1. The van der Waals surface area contributed by atoms with Crippen LogP contribution in [-0.4, -0.2) is 45.5 Å². The number of nitrogens with zero attached hydrogens (tertiary/aromatic N) is 2. The van der Waals surface area contributed by atoms with Crippen LogP contribution in [0.15, 0.2) is 6.07 Å². The Hall–Kier alpha value is -1.51. The summed E-state index contributed by atoms with van der Waals surface area (Å²) >= 11 is 0.